The summed E-state index contributed by atoms with van der Waals surface area (Å²) in [4.78, 5) is 0. The van der Waals surface area contributed by atoms with E-state index in [0.717, 1.165) is 0 Å². The maximum atomic E-state index is 12.7. The highest BCUT2D eigenvalue weighted by atomic mass is 35.5. The van der Waals surface area contributed by atoms with Crippen molar-refractivity contribution in [2.75, 3.05) is 0 Å². The summed E-state index contributed by atoms with van der Waals surface area (Å²) in [5.74, 6) is -0.0826. The zero-order valence-corrected chi connectivity index (χ0v) is 8.06. The van der Waals surface area contributed by atoms with E-state index in [1.807, 2.05) is 0 Å². The Kier molecular flexibility index (Phi) is 3.26. The minimum absolute atomic E-state index is 0.0826. The van der Waals surface area contributed by atoms with Gasteiger partial charge in [0.05, 0.1) is 0 Å². The molecule has 0 aliphatic heterocycles. The van der Waals surface area contributed by atoms with Gasteiger partial charge in [0.1, 0.15) is 5.75 Å². The van der Waals surface area contributed by atoms with Gasteiger partial charge < -0.3 is 4.74 Å². The van der Waals surface area contributed by atoms with Crippen molar-refractivity contribution in [1.29, 1.82) is 0 Å². The Morgan fingerprint density at radius 2 is 1.93 bits per heavy atom. The average molecular weight is 225 g/mol. The number of para-hydroxylation sites is 1. The van der Waals surface area contributed by atoms with Gasteiger partial charge in [-0.25, -0.2) is 4.39 Å². The molecule has 0 N–H and O–H groups in total. The second-order valence-corrected chi connectivity index (χ2v) is 3.11. The molecule has 14 heavy (non-hydrogen) atoms. The Hall–Kier alpha value is -0.900. The van der Waals surface area contributed by atoms with Crippen LogP contribution in [0, 0.1) is 6.92 Å². The Labute approximate surface area is 84.4 Å². The van der Waals surface area contributed by atoms with Crippen LogP contribution in [0.25, 0.3) is 0 Å². The molecule has 1 rings (SSSR count). The predicted octanol–water partition coefficient (Wildman–Crippen LogP) is 3.50. The van der Waals surface area contributed by atoms with Crippen LogP contribution in [0.15, 0.2) is 24.3 Å². The molecule has 0 aliphatic rings. The molecule has 0 fully saturated rings. The van der Waals surface area contributed by atoms with E-state index in [1.165, 1.54) is 12.1 Å². The highest BCUT2D eigenvalue weighted by Crippen LogP contribution is 2.30. The van der Waals surface area contributed by atoms with E-state index in [9.17, 15) is 13.2 Å². The van der Waals surface area contributed by atoms with E-state index in [-0.39, 0.29) is 5.75 Å². The van der Waals surface area contributed by atoms with Crippen molar-refractivity contribution < 1.29 is 17.9 Å². The van der Waals surface area contributed by atoms with Gasteiger partial charge >= 0.3 is 6.11 Å². The Bertz CT molecular complexity index is 315. The summed E-state index contributed by atoms with van der Waals surface area (Å²) in [5, 5.41) is 0. The minimum atomic E-state index is -4.01. The molecule has 0 amide bonds. The molecule has 0 saturated carbocycles. The molecule has 1 atom stereocenters. The second kappa shape index (κ2) is 4.09. The predicted molar refractivity (Wildman–Crippen MR) is 47.5 cm³/mol. The van der Waals surface area contributed by atoms with Gasteiger partial charge in [0, 0.05) is 0 Å². The first-order valence-electron chi connectivity index (χ1n) is 3.84. The molecule has 0 bridgehead atoms. The Balaban J connectivity index is 2.84. The zero-order chi connectivity index (χ0) is 10.8. The lowest BCUT2D eigenvalue weighted by Gasteiger charge is -2.18. The molecule has 0 aliphatic carbocycles. The first-order chi connectivity index (χ1) is 6.43. The summed E-state index contributed by atoms with van der Waals surface area (Å²) in [6, 6.07) is 6.07. The molecule has 0 unspecified atom stereocenters. The van der Waals surface area contributed by atoms with E-state index >= 15 is 0 Å². The molecule has 1 aromatic carbocycles. The lowest BCUT2D eigenvalue weighted by Crippen LogP contribution is -2.33. The minimum Gasteiger partial charge on any atom is -0.429 e. The summed E-state index contributed by atoms with van der Waals surface area (Å²) < 4.78 is 41.7. The number of alkyl halides is 4. The van der Waals surface area contributed by atoms with Crippen LogP contribution in [0.4, 0.5) is 13.2 Å². The third-order valence-electron chi connectivity index (χ3n) is 1.59. The third kappa shape index (κ3) is 2.54. The Morgan fingerprint density at radius 3 is 2.43 bits per heavy atom. The summed E-state index contributed by atoms with van der Waals surface area (Å²) in [6.07, 6.45) is -4.01. The fourth-order valence-electron chi connectivity index (χ4n) is 0.862. The van der Waals surface area contributed by atoms with Gasteiger partial charge in [0.2, 0.25) is 0 Å². The summed E-state index contributed by atoms with van der Waals surface area (Å²) in [5.41, 5.74) is -2.37. The topological polar surface area (TPSA) is 9.23 Å². The number of halogens is 4. The number of benzene rings is 1. The van der Waals surface area contributed by atoms with Gasteiger partial charge in [0.15, 0.2) is 0 Å². The smallest absolute Gasteiger partial charge is 0.429 e. The van der Waals surface area contributed by atoms with Crippen molar-refractivity contribution in [3.8, 4) is 5.75 Å². The number of hydrogen-bond acceptors (Lipinski definition) is 1. The van der Waals surface area contributed by atoms with Gasteiger partial charge in [0.25, 0.3) is 5.63 Å². The van der Waals surface area contributed by atoms with Crippen LogP contribution < -0.4 is 4.74 Å². The Morgan fingerprint density at radius 1 is 1.36 bits per heavy atom. The van der Waals surface area contributed by atoms with Crippen molar-refractivity contribution in [2.45, 2.75) is 18.7 Å². The monoisotopic (exact) mass is 224 g/mol. The highest BCUT2D eigenvalue weighted by Gasteiger charge is 2.42. The average Bonchev–Trinajstić information content (AvgIpc) is 2.08. The van der Waals surface area contributed by atoms with Crippen LogP contribution in [0.3, 0.4) is 0 Å². The molecule has 0 radical (unpaired) electrons. The second-order valence-electron chi connectivity index (χ2n) is 2.73. The molecule has 1 aromatic rings. The van der Waals surface area contributed by atoms with Crippen molar-refractivity contribution in [1.82, 2.24) is 0 Å². The van der Waals surface area contributed by atoms with E-state index < -0.39 is 11.7 Å². The standard InChI is InChI=1S/C9H8ClF3O/c1-6-4-2-3-5-7(6)14-9(12,13)8(10)11/h2-5,8H,1H3/t8-/m0/s1. The van der Waals surface area contributed by atoms with Crippen LogP contribution in [0.1, 0.15) is 5.56 Å². The lowest BCUT2D eigenvalue weighted by molar-refractivity contribution is -0.199. The SMILES string of the molecule is Cc1ccccc1OC(F)(F)[C@H](F)Cl. The zero-order valence-electron chi connectivity index (χ0n) is 7.31. The number of aryl methyl sites for hydroxylation is 1. The van der Waals surface area contributed by atoms with Crippen molar-refractivity contribution in [2.24, 2.45) is 0 Å². The van der Waals surface area contributed by atoms with E-state index in [4.69, 9.17) is 0 Å². The molecule has 0 saturated heterocycles. The van der Waals surface area contributed by atoms with Crippen LogP contribution in [-0.4, -0.2) is 11.7 Å². The highest BCUT2D eigenvalue weighted by molar-refractivity contribution is 6.20. The van der Waals surface area contributed by atoms with Crippen LogP contribution in [0.2, 0.25) is 0 Å². The van der Waals surface area contributed by atoms with E-state index in [1.54, 1.807) is 19.1 Å². The van der Waals surface area contributed by atoms with E-state index in [2.05, 4.69) is 16.3 Å². The molecular weight excluding hydrogens is 217 g/mol. The molecule has 0 spiro atoms. The fourth-order valence-corrected chi connectivity index (χ4v) is 0.907. The fraction of sp³-hybridized carbons (Fsp3) is 0.333. The van der Waals surface area contributed by atoms with Gasteiger partial charge in [-0.15, -0.1) is 0 Å². The summed E-state index contributed by atoms with van der Waals surface area (Å²) in [6.45, 7) is 1.58. The van der Waals surface area contributed by atoms with Gasteiger partial charge in [-0.3, -0.25) is 0 Å². The van der Waals surface area contributed by atoms with Gasteiger partial charge in [-0.1, -0.05) is 29.8 Å². The van der Waals surface area contributed by atoms with Gasteiger partial charge in [-0.05, 0) is 18.6 Å². The molecule has 78 valence electrons. The van der Waals surface area contributed by atoms with Crippen LogP contribution in [-0.2, 0) is 0 Å². The summed E-state index contributed by atoms with van der Waals surface area (Å²) in [7, 11) is 0. The lowest BCUT2D eigenvalue weighted by atomic mass is 10.2. The molecule has 5 heteroatoms. The van der Waals surface area contributed by atoms with Crippen molar-refractivity contribution in [3.63, 3.8) is 0 Å². The van der Waals surface area contributed by atoms with Crippen LogP contribution >= 0.6 is 11.6 Å². The molecule has 1 nitrogen and oxygen atoms in total. The van der Waals surface area contributed by atoms with Crippen molar-refractivity contribution >= 4 is 11.6 Å². The van der Waals surface area contributed by atoms with E-state index in [0.29, 0.717) is 5.56 Å². The third-order valence-corrected chi connectivity index (χ3v) is 1.85. The molecule has 0 heterocycles. The largest absolute Gasteiger partial charge is 0.444 e. The normalized spacial score (nSPS) is 13.8. The van der Waals surface area contributed by atoms with Crippen LogP contribution in [0.5, 0.6) is 5.75 Å². The number of hydrogen-bond donors (Lipinski definition) is 0. The quantitative estimate of drug-likeness (QED) is 0.714. The maximum absolute atomic E-state index is 12.7. The molecular formula is C9H8ClF3O. The maximum Gasteiger partial charge on any atom is 0.444 e. The first-order valence-corrected chi connectivity index (χ1v) is 4.28. The van der Waals surface area contributed by atoms with Crippen molar-refractivity contribution in [3.05, 3.63) is 29.8 Å². The number of ether oxygens (including phenoxy) is 1. The van der Waals surface area contributed by atoms with Gasteiger partial charge in [-0.2, -0.15) is 8.78 Å². The molecule has 0 aromatic heterocycles. The number of rotatable bonds is 3. The summed E-state index contributed by atoms with van der Waals surface area (Å²) >= 11 is 4.63. The first kappa shape index (κ1) is 11.2.